The number of Topliss-reactive ketones (excluding diaryl/α,β-unsaturated/α-hetero) is 1. The van der Waals surface area contributed by atoms with Crippen molar-refractivity contribution in [3.05, 3.63) is 95.2 Å². The van der Waals surface area contributed by atoms with Gasteiger partial charge in [0.15, 0.2) is 5.78 Å². The first-order chi connectivity index (χ1) is 15.7. The summed E-state index contributed by atoms with van der Waals surface area (Å²) < 4.78 is 5.30. The third kappa shape index (κ3) is 3.89. The summed E-state index contributed by atoms with van der Waals surface area (Å²) >= 11 is 1.72. The number of para-hydroxylation sites is 2. The summed E-state index contributed by atoms with van der Waals surface area (Å²) in [6.07, 6.45) is 3.37. The average molecular weight is 443 g/mol. The SMILES string of the molecule is COc1ccc([C@@H]2CC(=O)C3=C(C2)Nc2ccccc2N[C@H]3c2ccc(SC)cc2)cc1. The van der Waals surface area contributed by atoms with E-state index in [1.165, 1.54) is 10.5 Å². The van der Waals surface area contributed by atoms with Crippen molar-refractivity contribution in [3.63, 3.8) is 0 Å². The van der Waals surface area contributed by atoms with Crippen LogP contribution >= 0.6 is 11.8 Å². The lowest BCUT2D eigenvalue weighted by Gasteiger charge is -2.30. The Bertz CT molecular complexity index is 1170. The lowest BCUT2D eigenvalue weighted by Crippen LogP contribution is -2.26. The van der Waals surface area contributed by atoms with Crippen LogP contribution in [0, 0.1) is 0 Å². The maximum absolute atomic E-state index is 13.6. The summed E-state index contributed by atoms with van der Waals surface area (Å²) in [5, 5.41) is 7.25. The van der Waals surface area contributed by atoms with Gasteiger partial charge in [0.1, 0.15) is 5.75 Å². The Labute approximate surface area is 193 Å². The zero-order valence-electron chi connectivity index (χ0n) is 18.2. The number of allylic oxidation sites excluding steroid dienone is 1. The van der Waals surface area contributed by atoms with Crippen molar-refractivity contribution >= 4 is 28.9 Å². The molecule has 3 aromatic rings. The van der Waals surface area contributed by atoms with Crippen LogP contribution in [-0.4, -0.2) is 19.1 Å². The largest absolute Gasteiger partial charge is 0.497 e. The number of ketones is 1. The number of nitrogens with one attached hydrogen (secondary N) is 2. The summed E-state index contributed by atoms with van der Waals surface area (Å²) in [5.41, 5.74) is 6.14. The van der Waals surface area contributed by atoms with Gasteiger partial charge < -0.3 is 15.4 Å². The molecule has 0 unspecified atom stereocenters. The zero-order valence-corrected chi connectivity index (χ0v) is 19.0. The first-order valence-electron chi connectivity index (χ1n) is 10.8. The Balaban J connectivity index is 1.56. The monoisotopic (exact) mass is 442 g/mol. The van der Waals surface area contributed by atoms with Crippen molar-refractivity contribution in [1.29, 1.82) is 0 Å². The second-order valence-corrected chi connectivity index (χ2v) is 9.09. The predicted octanol–water partition coefficient (Wildman–Crippen LogP) is 6.40. The van der Waals surface area contributed by atoms with E-state index in [2.05, 4.69) is 65.4 Å². The van der Waals surface area contributed by atoms with E-state index in [0.717, 1.165) is 40.4 Å². The van der Waals surface area contributed by atoms with Crippen LogP contribution in [0.15, 0.2) is 89.0 Å². The van der Waals surface area contributed by atoms with Gasteiger partial charge in [0.05, 0.1) is 24.5 Å². The number of methoxy groups -OCH3 is 1. The summed E-state index contributed by atoms with van der Waals surface area (Å²) in [6, 6.07) is 24.6. The third-order valence-electron chi connectivity index (χ3n) is 6.35. The van der Waals surface area contributed by atoms with Gasteiger partial charge in [-0.3, -0.25) is 4.79 Å². The van der Waals surface area contributed by atoms with E-state index in [-0.39, 0.29) is 17.7 Å². The van der Waals surface area contributed by atoms with Gasteiger partial charge in [0.25, 0.3) is 0 Å². The number of carbonyl (C=O) groups excluding carboxylic acids is 1. The van der Waals surface area contributed by atoms with E-state index in [0.29, 0.717) is 6.42 Å². The molecule has 1 heterocycles. The molecule has 32 heavy (non-hydrogen) atoms. The summed E-state index contributed by atoms with van der Waals surface area (Å²) in [4.78, 5) is 14.8. The van der Waals surface area contributed by atoms with Gasteiger partial charge >= 0.3 is 0 Å². The van der Waals surface area contributed by atoms with Crippen LogP contribution in [0.3, 0.4) is 0 Å². The van der Waals surface area contributed by atoms with Crippen LogP contribution in [0.5, 0.6) is 5.75 Å². The first kappa shape index (κ1) is 20.7. The maximum Gasteiger partial charge on any atom is 0.163 e. The number of rotatable bonds is 4. The Morgan fingerprint density at radius 2 is 1.56 bits per heavy atom. The fourth-order valence-electron chi connectivity index (χ4n) is 4.65. The minimum atomic E-state index is -0.179. The highest BCUT2D eigenvalue weighted by Gasteiger charge is 2.36. The van der Waals surface area contributed by atoms with Gasteiger partial charge in [-0.2, -0.15) is 0 Å². The van der Waals surface area contributed by atoms with Crippen LogP contribution in [-0.2, 0) is 4.79 Å². The predicted molar refractivity (Wildman–Crippen MR) is 132 cm³/mol. The summed E-state index contributed by atoms with van der Waals surface area (Å²) in [5.74, 6) is 1.17. The molecule has 5 heteroatoms. The van der Waals surface area contributed by atoms with Crippen LogP contribution in [0.2, 0.25) is 0 Å². The fourth-order valence-corrected chi connectivity index (χ4v) is 5.06. The lowest BCUT2D eigenvalue weighted by molar-refractivity contribution is -0.116. The van der Waals surface area contributed by atoms with Gasteiger partial charge in [-0.1, -0.05) is 36.4 Å². The molecule has 4 nitrogen and oxygen atoms in total. The third-order valence-corrected chi connectivity index (χ3v) is 7.09. The van der Waals surface area contributed by atoms with Gasteiger partial charge in [0.2, 0.25) is 0 Å². The molecule has 1 aliphatic heterocycles. The molecule has 3 aromatic carbocycles. The van der Waals surface area contributed by atoms with Crippen molar-refractivity contribution in [2.45, 2.75) is 29.7 Å². The Kier molecular flexibility index (Phi) is 5.66. The molecule has 0 amide bonds. The normalized spacial score (nSPS) is 19.9. The number of thioether (sulfide) groups is 1. The number of hydrogen-bond acceptors (Lipinski definition) is 5. The smallest absolute Gasteiger partial charge is 0.163 e. The van der Waals surface area contributed by atoms with Crippen LogP contribution in [0.1, 0.15) is 35.9 Å². The number of anilines is 2. The van der Waals surface area contributed by atoms with E-state index >= 15 is 0 Å². The molecule has 0 saturated carbocycles. The van der Waals surface area contributed by atoms with E-state index < -0.39 is 0 Å². The van der Waals surface area contributed by atoms with E-state index in [1.54, 1.807) is 18.9 Å². The number of fused-ring (bicyclic) bond motifs is 1. The Hall–Kier alpha value is -3.18. The minimum absolute atomic E-state index is 0.143. The summed E-state index contributed by atoms with van der Waals surface area (Å²) in [7, 11) is 1.67. The van der Waals surface area contributed by atoms with Crippen molar-refractivity contribution in [2.75, 3.05) is 24.0 Å². The molecule has 0 bridgehead atoms. The molecule has 0 spiro atoms. The van der Waals surface area contributed by atoms with E-state index in [9.17, 15) is 4.79 Å². The molecule has 2 N–H and O–H groups in total. The standard InChI is InChI=1S/C27H26N2O2S/c1-31-20-11-7-17(8-12-20)19-15-24-26(25(30)16-19)27(18-9-13-21(32-2)14-10-18)29-23-6-4-3-5-22(23)28-24/h3-14,19,27-29H,15-16H2,1-2H3/t19-,27-/m0/s1. The van der Waals surface area contributed by atoms with Gasteiger partial charge in [-0.05, 0) is 66.1 Å². The highest BCUT2D eigenvalue weighted by molar-refractivity contribution is 7.98. The van der Waals surface area contributed by atoms with Crippen molar-refractivity contribution in [2.24, 2.45) is 0 Å². The second-order valence-electron chi connectivity index (χ2n) is 8.21. The van der Waals surface area contributed by atoms with Crippen molar-refractivity contribution in [1.82, 2.24) is 0 Å². The van der Waals surface area contributed by atoms with Crippen LogP contribution < -0.4 is 15.4 Å². The fraction of sp³-hybridized carbons (Fsp3) is 0.222. The topological polar surface area (TPSA) is 50.4 Å². The average Bonchev–Trinajstić information content (AvgIpc) is 3.01. The highest BCUT2D eigenvalue weighted by Crippen LogP contribution is 2.44. The number of ether oxygens (including phenoxy) is 1. The molecule has 2 atom stereocenters. The molecule has 162 valence electrons. The lowest BCUT2D eigenvalue weighted by atomic mass is 9.78. The van der Waals surface area contributed by atoms with Gasteiger partial charge in [-0.25, -0.2) is 0 Å². The maximum atomic E-state index is 13.6. The molecule has 0 fully saturated rings. The van der Waals surface area contributed by atoms with Crippen LogP contribution in [0.4, 0.5) is 11.4 Å². The molecular formula is C27H26N2O2S. The molecule has 5 rings (SSSR count). The van der Waals surface area contributed by atoms with Gasteiger partial charge in [-0.15, -0.1) is 11.8 Å². The first-order valence-corrected chi connectivity index (χ1v) is 12.1. The number of benzene rings is 3. The van der Waals surface area contributed by atoms with E-state index in [4.69, 9.17) is 4.74 Å². The van der Waals surface area contributed by atoms with Gasteiger partial charge in [0, 0.05) is 22.6 Å². The highest BCUT2D eigenvalue weighted by atomic mass is 32.2. The van der Waals surface area contributed by atoms with Crippen molar-refractivity contribution < 1.29 is 9.53 Å². The minimum Gasteiger partial charge on any atom is -0.497 e. The Morgan fingerprint density at radius 3 is 2.25 bits per heavy atom. The molecule has 0 saturated heterocycles. The molecular weight excluding hydrogens is 416 g/mol. The van der Waals surface area contributed by atoms with E-state index in [1.807, 2.05) is 24.3 Å². The van der Waals surface area contributed by atoms with Crippen molar-refractivity contribution in [3.8, 4) is 5.75 Å². The molecule has 0 radical (unpaired) electrons. The molecule has 0 aromatic heterocycles. The quantitative estimate of drug-likeness (QED) is 0.458. The Morgan fingerprint density at radius 1 is 0.875 bits per heavy atom. The number of carbonyl (C=O) groups is 1. The number of hydrogen-bond donors (Lipinski definition) is 2. The van der Waals surface area contributed by atoms with Crippen LogP contribution in [0.25, 0.3) is 0 Å². The molecule has 2 aliphatic rings. The second kappa shape index (κ2) is 8.75. The summed E-state index contributed by atoms with van der Waals surface area (Å²) in [6.45, 7) is 0. The molecule has 1 aliphatic carbocycles. The zero-order chi connectivity index (χ0) is 22.1.